The number of hydroxylamine groups is 2. The normalized spacial score (nSPS) is 13.8. The average Bonchev–Trinajstić information content (AvgIpc) is 1.79. The van der Waals surface area contributed by atoms with Gasteiger partial charge in [-0.25, -0.2) is 0 Å². The van der Waals surface area contributed by atoms with Crippen LogP contribution in [0.3, 0.4) is 0 Å². The van der Waals surface area contributed by atoms with Crippen LogP contribution in [0.15, 0.2) is 0 Å². The van der Waals surface area contributed by atoms with E-state index in [-0.39, 0.29) is 5.41 Å². The van der Waals surface area contributed by atoms with E-state index in [2.05, 4.69) is 34.6 Å². The van der Waals surface area contributed by atoms with E-state index < -0.39 is 0 Å². The first-order chi connectivity index (χ1) is 5.62. The monoisotopic (exact) mass is 187 g/mol. The molecule has 0 heterocycles. The Morgan fingerprint density at radius 2 is 1.46 bits per heavy atom. The van der Waals surface area contributed by atoms with Gasteiger partial charge in [0.05, 0.1) is 0 Å². The highest BCUT2D eigenvalue weighted by Crippen LogP contribution is 2.30. The van der Waals surface area contributed by atoms with Gasteiger partial charge in [-0.3, -0.25) is 0 Å². The molecular formula is C11H25NO. The van der Waals surface area contributed by atoms with E-state index in [1.165, 1.54) is 11.5 Å². The molecule has 0 saturated carbocycles. The van der Waals surface area contributed by atoms with E-state index in [0.717, 1.165) is 13.0 Å². The van der Waals surface area contributed by atoms with Crippen molar-refractivity contribution in [3.63, 3.8) is 0 Å². The van der Waals surface area contributed by atoms with Gasteiger partial charge in [-0.05, 0) is 23.7 Å². The number of rotatable bonds is 4. The second kappa shape index (κ2) is 4.43. The van der Waals surface area contributed by atoms with Crippen LogP contribution in [0.25, 0.3) is 0 Å². The second-order valence-electron chi connectivity index (χ2n) is 6.04. The van der Waals surface area contributed by atoms with Crippen molar-refractivity contribution in [3.8, 4) is 0 Å². The minimum atomic E-state index is 0.205. The average molecular weight is 187 g/mol. The zero-order valence-electron chi connectivity index (χ0n) is 10.0. The van der Waals surface area contributed by atoms with Crippen LogP contribution in [0.4, 0.5) is 0 Å². The van der Waals surface area contributed by atoms with Gasteiger partial charge in [-0.15, -0.1) is 0 Å². The maximum atomic E-state index is 9.15. The topological polar surface area (TPSA) is 23.5 Å². The third-order valence-corrected chi connectivity index (χ3v) is 2.21. The van der Waals surface area contributed by atoms with Crippen molar-refractivity contribution in [2.24, 2.45) is 10.8 Å². The third kappa shape index (κ3) is 8.26. The molecule has 2 nitrogen and oxygen atoms in total. The van der Waals surface area contributed by atoms with Gasteiger partial charge < -0.3 is 5.21 Å². The molecule has 0 bridgehead atoms. The smallest absolute Gasteiger partial charge is 0.0286 e. The van der Waals surface area contributed by atoms with Gasteiger partial charge in [-0.1, -0.05) is 34.6 Å². The van der Waals surface area contributed by atoms with Gasteiger partial charge in [0.2, 0.25) is 0 Å². The van der Waals surface area contributed by atoms with Crippen molar-refractivity contribution in [3.05, 3.63) is 0 Å². The van der Waals surface area contributed by atoms with Gasteiger partial charge in [-0.2, -0.15) is 5.06 Å². The van der Waals surface area contributed by atoms with E-state index in [9.17, 15) is 0 Å². The SMILES string of the molecule is CN(O)CC(C)(C)CCC(C)(C)C. The summed E-state index contributed by atoms with van der Waals surface area (Å²) in [5, 5.41) is 10.4. The van der Waals surface area contributed by atoms with Crippen LogP contribution in [0.2, 0.25) is 0 Å². The summed E-state index contributed by atoms with van der Waals surface area (Å²) in [5.74, 6) is 0. The molecule has 0 aromatic rings. The van der Waals surface area contributed by atoms with E-state index in [0.29, 0.717) is 5.41 Å². The Morgan fingerprint density at radius 1 is 1.00 bits per heavy atom. The maximum Gasteiger partial charge on any atom is 0.0286 e. The molecule has 0 aromatic carbocycles. The molecule has 0 unspecified atom stereocenters. The molecule has 0 aliphatic carbocycles. The van der Waals surface area contributed by atoms with Crippen LogP contribution in [0.5, 0.6) is 0 Å². The maximum absolute atomic E-state index is 9.15. The molecule has 0 aliphatic rings. The zero-order valence-corrected chi connectivity index (χ0v) is 10.0. The van der Waals surface area contributed by atoms with E-state index >= 15 is 0 Å². The Hall–Kier alpha value is -0.0800. The Balaban J connectivity index is 3.89. The molecule has 2 heteroatoms. The first-order valence-electron chi connectivity index (χ1n) is 5.02. The van der Waals surface area contributed by atoms with Crippen LogP contribution in [0.1, 0.15) is 47.5 Å². The highest BCUT2D eigenvalue weighted by molar-refractivity contribution is 4.73. The lowest BCUT2D eigenvalue weighted by Gasteiger charge is -2.30. The first kappa shape index (κ1) is 12.9. The molecule has 0 aromatic heterocycles. The van der Waals surface area contributed by atoms with E-state index in [4.69, 9.17) is 5.21 Å². The molecular weight excluding hydrogens is 162 g/mol. The van der Waals surface area contributed by atoms with Gasteiger partial charge in [0.1, 0.15) is 0 Å². The Kier molecular flexibility index (Phi) is 4.40. The minimum Gasteiger partial charge on any atom is -0.314 e. The predicted molar refractivity (Wildman–Crippen MR) is 56.9 cm³/mol. The molecule has 0 atom stereocenters. The fourth-order valence-electron chi connectivity index (χ4n) is 1.41. The summed E-state index contributed by atoms with van der Waals surface area (Å²) < 4.78 is 0. The fraction of sp³-hybridized carbons (Fsp3) is 1.00. The predicted octanol–water partition coefficient (Wildman–Crippen LogP) is 3.16. The highest BCUT2D eigenvalue weighted by atomic mass is 16.5. The van der Waals surface area contributed by atoms with Crippen molar-refractivity contribution in [2.75, 3.05) is 13.6 Å². The summed E-state index contributed by atoms with van der Waals surface area (Å²) in [5.41, 5.74) is 0.599. The number of nitrogens with zero attached hydrogens (tertiary/aromatic N) is 1. The minimum absolute atomic E-state index is 0.205. The van der Waals surface area contributed by atoms with Crippen LogP contribution < -0.4 is 0 Å². The van der Waals surface area contributed by atoms with Gasteiger partial charge in [0.15, 0.2) is 0 Å². The molecule has 0 aliphatic heterocycles. The fourth-order valence-corrected chi connectivity index (χ4v) is 1.41. The van der Waals surface area contributed by atoms with E-state index in [1.54, 1.807) is 7.05 Å². The summed E-state index contributed by atoms with van der Waals surface area (Å²) in [6.45, 7) is 11.9. The third-order valence-electron chi connectivity index (χ3n) is 2.21. The largest absolute Gasteiger partial charge is 0.314 e. The lowest BCUT2D eigenvalue weighted by atomic mass is 9.80. The van der Waals surface area contributed by atoms with Crippen LogP contribution in [0, 0.1) is 10.8 Å². The lowest BCUT2D eigenvalue weighted by Crippen LogP contribution is -2.30. The Morgan fingerprint density at radius 3 is 1.77 bits per heavy atom. The molecule has 1 N–H and O–H groups in total. The number of hydrogen-bond donors (Lipinski definition) is 1. The first-order valence-corrected chi connectivity index (χ1v) is 5.02. The number of hydrogen-bond acceptors (Lipinski definition) is 2. The van der Waals surface area contributed by atoms with E-state index in [1.807, 2.05) is 0 Å². The molecule has 0 rings (SSSR count). The summed E-state index contributed by atoms with van der Waals surface area (Å²) in [7, 11) is 1.71. The molecule has 80 valence electrons. The molecule has 13 heavy (non-hydrogen) atoms. The molecule has 0 saturated heterocycles. The van der Waals surface area contributed by atoms with Crippen molar-refractivity contribution in [1.82, 2.24) is 5.06 Å². The molecule has 0 fully saturated rings. The summed E-state index contributed by atoms with van der Waals surface area (Å²) in [6, 6.07) is 0. The van der Waals surface area contributed by atoms with Gasteiger partial charge in [0.25, 0.3) is 0 Å². The highest BCUT2D eigenvalue weighted by Gasteiger charge is 2.22. The van der Waals surface area contributed by atoms with Gasteiger partial charge >= 0.3 is 0 Å². The standard InChI is InChI=1S/C11H25NO/c1-10(2,3)7-8-11(4,5)9-12(6)13/h13H,7-9H2,1-6H3. The second-order valence-corrected chi connectivity index (χ2v) is 6.04. The van der Waals surface area contributed by atoms with Crippen LogP contribution in [-0.4, -0.2) is 23.9 Å². The summed E-state index contributed by atoms with van der Waals surface area (Å²) in [6.07, 6.45) is 2.36. The Bertz CT molecular complexity index is 145. The Labute approximate surface area is 82.9 Å². The summed E-state index contributed by atoms with van der Waals surface area (Å²) >= 11 is 0. The van der Waals surface area contributed by atoms with Crippen LogP contribution >= 0.6 is 0 Å². The molecule has 0 amide bonds. The van der Waals surface area contributed by atoms with Crippen molar-refractivity contribution in [2.45, 2.75) is 47.5 Å². The summed E-state index contributed by atoms with van der Waals surface area (Å²) in [4.78, 5) is 0. The lowest BCUT2D eigenvalue weighted by molar-refractivity contribution is -0.0906. The molecule has 0 radical (unpaired) electrons. The van der Waals surface area contributed by atoms with Crippen molar-refractivity contribution < 1.29 is 5.21 Å². The zero-order chi connectivity index (χ0) is 10.7. The van der Waals surface area contributed by atoms with Crippen molar-refractivity contribution >= 4 is 0 Å². The van der Waals surface area contributed by atoms with Crippen molar-refractivity contribution in [1.29, 1.82) is 0 Å². The van der Waals surface area contributed by atoms with Crippen LogP contribution in [-0.2, 0) is 0 Å². The van der Waals surface area contributed by atoms with Gasteiger partial charge in [0, 0.05) is 13.6 Å². The molecule has 0 spiro atoms. The quantitative estimate of drug-likeness (QED) is 0.683.